The highest BCUT2D eigenvalue weighted by atomic mass is 15.0. The van der Waals surface area contributed by atoms with Crippen LogP contribution in [0.3, 0.4) is 0 Å². The molecule has 0 radical (unpaired) electrons. The van der Waals surface area contributed by atoms with Crippen molar-refractivity contribution in [1.82, 2.24) is 19.5 Å². The first kappa shape index (κ1) is 36.9. The van der Waals surface area contributed by atoms with Crippen LogP contribution in [0.15, 0.2) is 231 Å². The van der Waals surface area contributed by atoms with E-state index in [4.69, 9.17) is 15.0 Å². The molecule has 0 spiro atoms. The van der Waals surface area contributed by atoms with Crippen LogP contribution in [0, 0.1) is 0 Å². The zero-order valence-corrected chi connectivity index (χ0v) is 35.2. The zero-order valence-electron chi connectivity index (χ0n) is 35.2. The monoisotopic (exact) mass is 826 g/mol. The van der Waals surface area contributed by atoms with Gasteiger partial charge >= 0.3 is 0 Å². The normalized spacial score (nSPS) is 11.7. The fourth-order valence-electron chi connectivity index (χ4n) is 9.85. The fourth-order valence-corrected chi connectivity index (χ4v) is 9.85. The number of hydrogen-bond acceptors (Lipinski definition) is 3. The smallest absolute Gasteiger partial charge is 0.164 e. The lowest BCUT2D eigenvalue weighted by Crippen LogP contribution is -2.04. The van der Waals surface area contributed by atoms with Gasteiger partial charge in [0, 0.05) is 43.8 Å². The molecule has 4 nitrogen and oxygen atoms in total. The number of benzene rings is 11. The van der Waals surface area contributed by atoms with Crippen molar-refractivity contribution in [2.24, 2.45) is 0 Å². The van der Waals surface area contributed by atoms with E-state index in [9.17, 15) is 0 Å². The summed E-state index contributed by atoms with van der Waals surface area (Å²) in [6, 6.07) is 82.6. The Morgan fingerprint density at radius 2 is 0.800 bits per heavy atom. The minimum atomic E-state index is 0.611. The fraction of sp³-hybridized carbons (Fsp3) is 0. The van der Waals surface area contributed by atoms with E-state index >= 15 is 0 Å². The van der Waals surface area contributed by atoms with Gasteiger partial charge in [0.15, 0.2) is 17.5 Å². The Bertz CT molecular complexity index is 3990. The molecule has 2 heterocycles. The first-order chi connectivity index (χ1) is 32.2. The average Bonchev–Trinajstić information content (AvgIpc) is 3.70. The molecule has 0 N–H and O–H groups in total. The topological polar surface area (TPSA) is 43.6 Å². The molecule has 0 atom stereocenters. The van der Waals surface area contributed by atoms with Gasteiger partial charge in [-0.2, -0.15) is 0 Å². The highest BCUT2D eigenvalue weighted by Gasteiger charge is 2.25. The summed E-state index contributed by atoms with van der Waals surface area (Å²) in [6.07, 6.45) is 0. The largest absolute Gasteiger partial charge is 0.307 e. The summed E-state index contributed by atoms with van der Waals surface area (Å²) in [7, 11) is 0. The van der Waals surface area contributed by atoms with Gasteiger partial charge < -0.3 is 4.57 Å². The van der Waals surface area contributed by atoms with E-state index in [2.05, 4.69) is 217 Å². The highest BCUT2D eigenvalue weighted by molar-refractivity contribution is 6.22. The van der Waals surface area contributed by atoms with Crippen LogP contribution < -0.4 is 0 Å². The standard InChI is InChI=1S/C61H38N4/c1-4-16-39(17-5-1)47-31-33-50-53(35-47)55(61-63-59(43-22-8-3-9-23-43)62-60(64-61)48-29-28-40-18-10-11-24-44(40)34-48)38-52(41-19-6-2-7-20-41)58(50)65-56-37-46-26-13-12-25-45(46)36-54(56)51-32-30-42-21-14-15-27-49(42)57(51)65/h1-38H. The lowest BCUT2D eigenvalue weighted by atomic mass is 9.91. The maximum absolute atomic E-state index is 5.43. The van der Waals surface area contributed by atoms with Gasteiger partial charge in [-0.3, -0.25) is 0 Å². The summed E-state index contributed by atoms with van der Waals surface area (Å²) >= 11 is 0. The third kappa shape index (κ3) is 6.18. The van der Waals surface area contributed by atoms with E-state index in [1.54, 1.807) is 0 Å². The summed E-state index contributed by atoms with van der Waals surface area (Å²) in [6.45, 7) is 0. The molecule has 0 aliphatic heterocycles. The molecule has 302 valence electrons. The van der Waals surface area contributed by atoms with E-state index < -0.39 is 0 Å². The van der Waals surface area contributed by atoms with E-state index in [-0.39, 0.29) is 0 Å². The second-order valence-corrected chi connectivity index (χ2v) is 16.8. The van der Waals surface area contributed by atoms with Gasteiger partial charge in [-0.25, -0.2) is 15.0 Å². The van der Waals surface area contributed by atoms with Gasteiger partial charge in [-0.05, 0) is 79.3 Å². The molecule has 11 aromatic carbocycles. The second kappa shape index (κ2) is 15.0. The van der Waals surface area contributed by atoms with E-state index in [1.807, 2.05) is 18.2 Å². The molecule has 0 aliphatic carbocycles. The third-order valence-corrected chi connectivity index (χ3v) is 13.0. The predicted octanol–water partition coefficient (Wildman–Crippen LogP) is 15.9. The Hall–Kier alpha value is -8.73. The number of rotatable bonds is 6. The summed E-state index contributed by atoms with van der Waals surface area (Å²) in [5.41, 5.74) is 10.7. The van der Waals surface area contributed by atoms with Gasteiger partial charge in [0.1, 0.15) is 0 Å². The summed E-state index contributed by atoms with van der Waals surface area (Å²) in [5, 5.41) is 11.7. The molecule has 0 saturated carbocycles. The van der Waals surface area contributed by atoms with Crippen molar-refractivity contribution in [3.05, 3.63) is 231 Å². The second-order valence-electron chi connectivity index (χ2n) is 16.8. The van der Waals surface area contributed by atoms with Crippen molar-refractivity contribution in [2.75, 3.05) is 0 Å². The summed E-state index contributed by atoms with van der Waals surface area (Å²) < 4.78 is 2.54. The number of aromatic nitrogens is 4. The first-order valence-corrected chi connectivity index (χ1v) is 22.1. The molecule has 13 aromatic rings. The van der Waals surface area contributed by atoms with Gasteiger partial charge in [-0.15, -0.1) is 0 Å². The number of nitrogens with zero attached hydrogens (tertiary/aromatic N) is 4. The summed E-state index contributed by atoms with van der Waals surface area (Å²) in [4.78, 5) is 16.0. The van der Waals surface area contributed by atoms with Crippen LogP contribution in [0.4, 0.5) is 0 Å². The summed E-state index contributed by atoms with van der Waals surface area (Å²) in [5.74, 6) is 1.86. The SMILES string of the molecule is c1ccc(-c2ccc3c(-n4c5cc6ccccc6cc5c5ccc6ccccc6c54)c(-c4ccccc4)cc(-c4nc(-c5ccccc5)nc(-c5ccc6ccccc6c5)n4)c3c2)cc1. The molecule has 0 saturated heterocycles. The van der Waals surface area contributed by atoms with Crippen LogP contribution in [0.25, 0.3) is 127 Å². The van der Waals surface area contributed by atoms with Crippen molar-refractivity contribution >= 4 is 64.9 Å². The Labute approximate surface area is 375 Å². The third-order valence-electron chi connectivity index (χ3n) is 13.0. The van der Waals surface area contributed by atoms with Gasteiger partial charge in [0.2, 0.25) is 0 Å². The molecule has 4 heteroatoms. The van der Waals surface area contributed by atoms with Crippen LogP contribution in [-0.2, 0) is 0 Å². The molecule has 13 rings (SSSR count). The van der Waals surface area contributed by atoms with Gasteiger partial charge in [0.05, 0.1) is 16.7 Å². The van der Waals surface area contributed by atoms with Crippen LogP contribution in [0.2, 0.25) is 0 Å². The van der Waals surface area contributed by atoms with Crippen LogP contribution in [-0.4, -0.2) is 19.5 Å². The number of hydrogen-bond donors (Lipinski definition) is 0. The maximum atomic E-state index is 5.43. The van der Waals surface area contributed by atoms with Crippen molar-refractivity contribution in [2.45, 2.75) is 0 Å². The molecule has 0 fully saturated rings. The molecule has 2 aromatic heterocycles. The first-order valence-electron chi connectivity index (χ1n) is 22.1. The van der Waals surface area contributed by atoms with E-state index in [1.165, 1.54) is 43.2 Å². The Morgan fingerprint density at radius 1 is 0.262 bits per heavy atom. The lowest BCUT2D eigenvalue weighted by Gasteiger charge is -2.21. The van der Waals surface area contributed by atoms with Crippen LogP contribution in [0.1, 0.15) is 0 Å². The quantitative estimate of drug-likeness (QED) is 0.168. The predicted molar refractivity (Wildman–Crippen MR) is 271 cm³/mol. The molecule has 0 aliphatic rings. The van der Waals surface area contributed by atoms with Crippen molar-refractivity contribution in [3.8, 4) is 62.1 Å². The molecule has 0 bridgehead atoms. The Kier molecular flexibility index (Phi) is 8.50. The van der Waals surface area contributed by atoms with E-state index in [0.717, 1.165) is 66.3 Å². The van der Waals surface area contributed by atoms with E-state index in [0.29, 0.717) is 17.5 Å². The average molecular weight is 827 g/mol. The molecular weight excluding hydrogens is 789 g/mol. The number of fused-ring (bicyclic) bond motifs is 8. The highest BCUT2D eigenvalue weighted by Crippen LogP contribution is 2.46. The van der Waals surface area contributed by atoms with Crippen molar-refractivity contribution in [3.63, 3.8) is 0 Å². The minimum absolute atomic E-state index is 0.611. The Morgan fingerprint density at radius 3 is 1.54 bits per heavy atom. The molecule has 0 amide bonds. The molecule has 65 heavy (non-hydrogen) atoms. The van der Waals surface area contributed by atoms with Crippen LogP contribution >= 0.6 is 0 Å². The lowest BCUT2D eigenvalue weighted by molar-refractivity contribution is 1.08. The van der Waals surface area contributed by atoms with Gasteiger partial charge in [0.25, 0.3) is 0 Å². The van der Waals surface area contributed by atoms with Gasteiger partial charge in [-0.1, -0.05) is 200 Å². The maximum Gasteiger partial charge on any atom is 0.164 e. The zero-order chi connectivity index (χ0) is 42.8. The van der Waals surface area contributed by atoms with Crippen molar-refractivity contribution < 1.29 is 0 Å². The van der Waals surface area contributed by atoms with Crippen molar-refractivity contribution in [1.29, 1.82) is 0 Å². The molecule has 0 unspecified atom stereocenters. The molecular formula is C61H38N4. The minimum Gasteiger partial charge on any atom is -0.307 e. The van der Waals surface area contributed by atoms with Crippen LogP contribution in [0.5, 0.6) is 0 Å². The Balaban J connectivity index is 1.20.